The van der Waals surface area contributed by atoms with Gasteiger partial charge in [0.15, 0.2) is 0 Å². The molecular formula is C18H29N3OS. The first kappa shape index (κ1) is 16.0. The molecule has 0 bridgehead atoms. The molecule has 3 saturated heterocycles. The van der Waals surface area contributed by atoms with Crippen molar-refractivity contribution in [1.29, 1.82) is 0 Å². The first-order valence-corrected chi connectivity index (χ1v) is 10.1. The van der Waals surface area contributed by atoms with Gasteiger partial charge in [-0.3, -0.25) is 4.90 Å². The lowest BCUT2D eigenvalue weighted by molar-refractivity contribution is 0.0510. The number of hydrogen-bond acceptors (Lipinski definition) is 5. The number of rotatable bonds is 4. The van der Waals surface area contributed by atoms with Gasteiger partial charge < -0.3 is 9.64 Å². The van der Waals surface area contributed by atoms with Crippen LogP contribution in [0.5, 0.6) is 0 Å². The number of piperidine rings is 1. The van der Waals surface area contributed by atoms with E-state index >= 15 is 0 Å². The largest absolute Gasteiger partial charge is 0.381 e. The van der Waals surface area contributed by atoms with Crippen LogP contribution in [0.2, 0.25) is 0 Å². The van der Waals surface area contributed by atoms with Gasteiger partial charge in [0.25, 0.3) is 0 Å². The van der Waals surface area contributed by atoms with Gasteiger partial charge in [0.1, 0.15) is 5.01 Å². The number of hydrogen-bond donors (Lipinski definition) is 0. The van der Waals surface area contributed by atoms with Crippen LogP contribution in [-0.4, -0.2) is 60.7 Å². The van der Waals surface area contributed by atoms with Gasteiger partial charge in [0.05, 0.1) is 6.54 Å². The van der Waals surface area contributed by atoms with E-state index in [2.05, 4.69) is 20.2 Å². The van der Waals surface area contributed by atoms with Crippen molar-refractivity contribution in [1.82, 2.24) is 14.8 Å². The summed E-state index contributed by atoms with van der Waals surface area (Å²) >= 11 is 1.79. The maximum atomic E-state index is 5.50. The monoisotopic (exact) mass is 335 g/mol. The molecule has 0 aromatic carbocycles. The highest BCUT2D eigenvalue weighted by Crippen LogP contribution is 2.41. The summed E-state index contributed by atoms with van der Waals surface area (Å²) in [5.74, 6) is 0.879. The molecule has 3 aliphatic rings. The van der Waals surface area contributed by atoms with E-state index in [0.29, 0.717) is 5.41 Å². The van der Waals surface area contributed by atoms with E-state index in [1.165, 1.54) is 69.8 Å². The molecule has 1 spiro atoms. The lowest BCUT2D eigenvalue weighted by Gasteiger charge is -2.39. The minimum absolute atomic E-state index is 0.616. The highest BCUT2D eigenvalue weighted by atomic mass is 32.1. The summed E-state index contributed by atoms with van der Waals surface area (Å²) < 4.78 is 5.50. The molecule has 0 atom stereocenters. The van der Waals surface area contributed by atoms with E-state index in [0.717, 1.165) is 25.7 Å². The molecule has 0 radical (unpaired) electrons. The Morgan fingerprint density at radius 2 is 1.87 bits per heavy atom. The second-order valence-corrected chi connectivity index (χ2v) is 8.72. The van der Waals surface area contributed by atoms with Crippen molar-refractivity contribution in [3.63, 3.8) is 0 Å². The maximum absolute atomic E-state index is 5.50. The average Bonchev–Trinajstić information content (AvgIpc) is 3.22. The quantitative estimate of drug-likeness (QED) is 0.846. The zero-order valence-corrected chi connectivity index (χ0v) is 14.9. The van der Waals surface area contributed by atoms with Crippen LogP contribution in [0.3, 0.4) is 0 Å². The Labute approximate surface area is 143 Å². The van der Waals surface area contributed by atoms with E-state index in [-0.39, 0.29) is 0 Å². The van der Waals surface area contributed by atoms with Crippen LogP contribution in [0.1, 0.15) is 37.1 Å². The fourth-order valence-corrected chi connectivity index (χ4v) is 5.25. The van der Waals surface area contributed by atoms with Crippen LogP contribution in [0, 0.1) is 11.3 Å². The molecule has 4 rings (SSSR count). The molecule has 4 heterocycles. The van der Waals surface area contributed by atoms with Crippen molar-refractivity contribution in [3.05, 3.63) is 16.6 Å². The molecule has 3 aliphatic heterocycles. The molecule has 0 N–H and O–H groups in total. The number of nitrogens with zero attached hydrogens (tertiary/aromatic N) is 3. The SMILES string of the molecule is c1csc(CN2CCC3(CC2)CCN(CC2CCOCC2)C3)n1. The van der Waals surface area contributed by atoms with Crippen LogP contribution in [0.15, 0.2) is 11.6 Å². The first-order chi connectivity index (χ1) is 11.3. The van der Waals surface area contributed by atoms with Crippen molar-refractivity contribution < 1.29 is 4.74 Å². The van der Waals surface area contributed by atoms with Crippen LogP contribution >= 0.6 is 11.3 Å². The van der Waals surface area contributed by atoms with Crippen LogP contribution in [-0.2, 0) is 11.3 Å². The van der Waals surface area contributed by atoms with Gasteiger partial charge >= 0.3 is 0 Å². The molecule has 0 unspecified atom stereocenters. The summed E-state index contributed by atoms with van der Waals surface area (Å²) in [6.07, 6.45) is 8.64. The number of thiazole rings is 1. The van der Waals surface area contributed by atoms with Crippen molar-refractivity contribution in [3.8, 4) is 0 Å². The number of aromatic nitrogens is 1. The topological polar surface area (TPSA) is 28.6 Å². The standard InChI is InChI=1S/C18H29N3OS/c1-10-22-11-2-16(1)13-21-9-5-18(15-21)3-7-20(8-4-18)14-17-19-6-12-23-17/h6,12,16H,1-5,7-11,13-15H2. The van der Waals surface area contributed by atoms with Gasteiger partial charge in [-0.25, -0.2) is 4.98 Å². The fraction of sp³-hybridized carbons (Fsp3) is 0.833. The lowest BCUT2D eigenvalue weighted by atomic mass is 9.78. The molecule has 1 aromatic heterocycles. The van der Waals surface area contributed by atoms with Gasteiger partial charge in [0.2, 0.25) is 0 Å². The Bertz CT molecular complexity index is 478. The molecule has 1 aromatic rings. The zero-order chi connectivity index (χ0) is 15.5. The van der Waals surface area contributed by atoms with E-state index in [1.807, 2.05) is 6.20 Å². The molecule has 0 amide bonds. The molecule has 128 valence electrons. The maximum Gasteiger partial charge on any atom is 0.107 e. The Morgan fingerprint density at radius 3 is 2.57 bits per heavy atom. The predicted octanol–water partition coefficient (Wildman–Crippen LogP) is 2.86. The smallest absolute Gasteiger partial charge is 0.107 e. The van der Waals surface area contributed by atoms with Gasteiger partial charge in [0, 0.05) is 37.9 Å². The van der Waals surface area contributed by atoms with E-state index in [9.17, 15) is 0 Å². The van der Waals surface area contributed by atoms with Crippen molar-refractivity contribution in [2.75, 3.05) is 45.9 Å². The normalized spacial score (nSPS) is 27.0. The Kier molecular flexibility index (Phi) is 4.99. The summed E-state index contributed by atoms with van der Waals surface area (Å²) in [6, 6.07) is 0. The number of ether oxygens (including phenoxy) is 1. The third kappa shape index (κ3) is 3.95. The summed E-state index contributed by atoms with van der Waals surface area (Å²) in [5, 5.41) is 3.36. The summed E-state index contributed by atoms with van der Waals surface area (Å²) in [4.78, 5) is 9.79. The second kappa shape index (κ2) is 7.18. The van der Waals surface area contributed by atoms with Crippen molar-refractivity contribution in [2.24, 2.45) is 11.3 Å². The van der Waals surface area contributed by atoms with Crippen LogP contribution in [0.25, 0.3) is 0 Å². The number of likely N-dealkylation sites (tertiary alicyclic amines) is 2. The third-order valence-electron chi connectivity index (χ3n) is 6.13. The molecule has 4 nitrogen and oxygen atoms in total. The zero-order valence-electron chi connectivity index (χ0n) is 14.1. The van der Waals surface area contributed by atoms with Gasteiger partial charge in [-0.15, -0.1) is 11.3 Å². The average molecular weight is 336 g/mol. The van der Waals surface area contributed by atoms with E-state index in [1.54, 1.807) is 11.3 Å². The summed E-state index contributed by atoms with van der Waals surface area (Å²) in [7, 11) is 0. The van der Waals surface area contributed by atoms with Crippen LogP contribution in [0.4, 0.5) is 0 Å². The van der Waals surface area contributed by atoms with Gasteiger partial charge in [-0.2, -0.15) is 0 Å². The van der Waals surface area contributed by atoms with Gasteiger partial charge in [-0.1, -0.05) is 0 Å². The molecule has 23 heavy (non-hydrogen) atoms. The molecular weight excluding hydrogens is 306 g/mol. The van der Waals surface area contributed by atoms with Crippen molar-refractivity contribution >= 4 is 11.3 Å². The molecule has 0 saturated carbocycles. The van der Waals surface area contributed by atoms with E-state index < -0.39 is 0 Å². The first-order valence-electron chi connectivity index (χ1n) is 9.22. The predicted molar refractivity (Wildman–Crippen MR) is 93.7 cm³/mol. The van der Waals surface area contributed by atoms with Crippen molar-refractivity contribution in [2.45, 2.75) is 38.6 Å². The highest BCUT2D eigenvalue weighted by molar-refractivity contribution is 7.09. The minimum atomic E-state index is 0.616. The lowest BCUT2D eigenvalue weighted by Crippen LogP contribution is -2.41. The Morgan fingerprint density at radius 1 is 1.13 bits per heavy atom. The van der Waals surface area contributed by atoms with E-state index in [4.69, 9.17) is 4.74 Å². The summed E-state index contributed by atoms with van der Waals surface area (Å²) in [5.41, 5.74) is 0.616. The molecule has 3 fully saturated rings. The minimum Gasteiger partial charge on any atom is -0.381 e. The molecule has 0 aliphatic carbocycles. The summed E-state index contributed by atoms with van der Waals surface area (Å²) in [6.45, 7) is 9.51. The second-order valence-electron chi connectivity index (χ2n) is 7.74. The highest BCUT2D eigenvalue weighted by Gasteiger charge is 2.40. The Hall–Kier alpha value is -0.490. The third-order valence-corrected chi connectivity index (χ3v) is 6.90. The Balaban J connectivity index is 1.24. The molecule has 5 heteroatoms. The van der Waals surface area contributed by atoms with Gasteiger partial charge in [-0.05, 0) is 63.1 Å². The fourth-order valence-electron chi connectivity index (χ4n) is 4.59. The van der Waals surface area contributed by atoms with Crippen LogP contribution < -0.4 is 0 Å².